The van der Waals surface area contributed by atoms with Crippen LogP contribution in [0.3, 0.4) is 0 Å². The molecule has 1 rings (SSSR count). The summed E-state index contributed by atoms with van der Waals surface area (Å²) in [5.74, 6) is 2.27. The Morgan fingerprint density at radius 1 is 1.18 bits per heavy atom. The first kappa shape index (κ1) is 13.7. The summed E-state index contributed by atoms with van der Waals surface area (Å²) in [6.45, 7) is 8.71. The minimum absolute atomic E-state index is 0.398. The van der Waals surface area contributed by atoms with Crippen molar-refractivity contribution in [3.63, 3.8) is 0 Å². The highest BCUT2D eigenvalue weighted by molar-refractivity contribution is 5.59. The average molecular weight is 236 g/mol. The lowest BCUT2D eigenvalue weighted by atomic mass is 10.0. The summed E-state index contributed by atoms with van der Waals surface area (Å²) in [6.07, 6.45) is 3.93. The second kappa shape index (κ2) is 6.42. The molecule has 4 heteroatoms. The molecular weight excluding hydrogens is 212 g/mol. The second-order valence-electron chi connectivity index (χ2n) is 4.72. The highest BCUT2D eigenvalue weighted by Gasteiger charge is 2.15. The first-order chi connectivity index (χ1) is 8.10. The summed E-state index contributed by atoms with van der Waals surface area (Å²) >= 11 is 0. The van der Waals surface area contributed by atoms with Crippen molar-refractivity contribution in [2.24, 2.45) is 0 Å². The zero-order valence-electron chi connectivity index (χ0n) is 11.5. The van der Waals surface area contributed by atoms with Gasteiger partial charge in [-0.1, -0.05) is 27.2 Å². The smallest absolute Gasteiger partial charge is 0.135 e. The van der Waals surface area contributed by atoms with Gasteiger partial charge in [-0.3, -0.25) is 0 Å². The van der Waals surface area contributed by atoms with Gasteiger partial charge in [-0.05, 0) is 19.3 Å². The van der Waals surface area contributed by atoms with Crippen LogP contribution in [0.15, 0.2) is 6.33 Å². The van der Waals surface area contributed by atoms with Gasteiger partial charge in [0, 0.05) is 18.7 Å². The number of anilines is 2. The van der Waals surface area contributed by atoms with Gasteiger partial charge in [0.25, 0.3) is 0 Å². The van der Waals surface area contributed by atoms with Crippen molar-refractivity contribution in [1.82, 2.24) is 9.97 Å². The van der Waals surface area contributed by atoms with Crippen molar-refractivity contribution < 1.29 is 0 Å². The summed E-state index contributed by atoms with van der Waals surface area (Å²) < 4.78 is 0. The van der Waals surface area contributed by atoms with Crippen molar-refractivity contribution in [1.29, 1.82) is 0 Å². The number of hydrogen-bond acceptors (Lipinski definition) is 4. The molecule has 0 spiro atoms. The lowest BCUT2D eigenvalue weighted by Gasteiger charge is -2.20. The summed E-state index contributed by atoms with van der Waals surface area (Å²) in [4.78, 5) is 8.64. The minimum atomic E-state index is 0.398. The molecule has 0 fully saturated rings. The molecule has 4 nitrogen and oxygen atoms in total. The Morgan fingerprint density at radius 2 is 1.82 bits per heavy atom. The fourth-order valence-corrected chi connectivity index (χ4v) is 2.00. The molecule has 0 aliphatic heterocycles. The molecule has 0 radical (unpaired) electrons. The monoisotopic (exact) mass is 236 g/mol. The Hall–Kier alpha value is -1.32. The molecular formula is C13H24N4. The maximum atomic E-state index is 4.37. The number of nitrogens with one attached hydrogen (secondary N) is 2. The molecule has 1 atom stereocenters. The van der Waals surface area contributed by atoms with Crippen LogP contribution in [-0.4, -0.2) is 23.1 Å². The van der Waals surface area contributed by atoms with Gasteiger partial charge in [-0.15, -0.1) is 0 Å². The number of nitrogens with zero attached hydrogens (tertiary/aromatic N) is 2. The van der Waals surface area contributed by atoms with Gasteiger partial charge in [-0.25, -0.2) is 9.97 Å². The zero-order chi connectivity index (χ0) is 12.8. The molecule has 0 bridgehead atoms. The first-order valence-corrected chi connectivity index (χ1v) is 6.39. The SMILES string of the molecule is CCCC(C)Nc1ncnc(NC)c1C(C)C. The Balaban J connectivity index is 2.97. The van der Waals surface area contributed by atoms with E-state index in [9.17, 15) is 0 Å². The summed E-state index contributed by atoms with van der Waals surface area (Å²) in [7, 11) is 1.90. The van der Waals surface area contributed by atoms with Crippen LogP contribution in [0.5, 0.6) is 0 Å². The lowest BCUT2D eigenvalue weighted by molar-refractivity contribution is 0.683. The normalized spacial score (nSPS) is 12.6. The van der Waals surface area contributed by atoms with E-state index in [0.29, 0.717) is 12.0 Å². The first-order valence-electron chi connectivity index (χ1n) is 6.39. The fraction of sp³-hybridized carbons (Fsp3) is 0.692. The molecule has 0 aromatic carbocycles. The summed E-state index contributed by atoms with van der Waals surface area (Å²) in [5.41, 5.74) is 1.16. The molecule has 2 N–H and O–H groups in total. The van der Waals surface area contributed by atoms with E-state index in [-0.39, 0.29) is 0 Å². The van der Waals surface area contributed by atoms with E-state index in [2.05, 4.69) is 48.3 Å². The van der Waals surface area contributed by atoms with Crippen LogP contribution in [0.25, 0.3) is 0 Å². The van der Waals surface area contributed by atoms with Crippen molar-refractivity contribution in [3.8, 4) is 0 Å². The van der Waals surface area contributed by atoms with Gasteiger partial charge in [0.1, 0.15) is 18.0 Å². The number of hydrogen-bond donors (Lipinski definition) is 2. The molecule has 96 valence electrons. The van der Waals surface area contributed by atoms with Crippen molar-refractivity contribution in [2.45, 2.75) is 52.5 Å². The maximum Gasteiger partial charge on any atom is 0.135 e. The fourth-order valence-electron chi connectivity index (χ4n) is 2.00. The highest BCUT2D eigenvalue weighted by Crippen LogP contribution is 2.28. The summed E-state index contributed by atoms with van der Waals surface area (Å²) in [6, 6.07) is 0.442. The van der Waals surface area contributed by atoms with E-state index in [1.54, 1.807) is 6.33 Å². The molecule has 0 aliphatic rings. The van der Waals surface area contributed by atoms with Gasteiger partial charge < -0.3 is 10.6 Å². The third-order valence-electron chi connectivity index (χ3n) is 2.80. The summed E-state index contributed by atoms with van der Waals surface area (Å²) in [5, 5.41) is 6.61. The highest BCUT2D eigenvalue weighted by atomic mass is 15.1. The van der Waals surface area contributed by atoms with Gasteiger partial charge in [0.05, 0.1) is 0 Å². The van der Waals surface area contributed by atoms with E-state index < -0.39 is 0 Å². The molecule has 0 saturated carbocycles. The Kier molecular flexibility index (Phi) is 5.19. The Labute approximate surface area is 104 Å². The number of aromatic nitrogens is 2. The molecule has 0 aliphatic carbocycles. The second-order valence-corrected chi connectivity index (χ2v) is 4.72. The Bertz CT molecular complexity index is 349. The van der Waals surface area contributed by atoms with E-state index in [1.165, 1.54) is 6.42 Å². The molecule has 0 saturated heterocycles. The Morgan fingerprint density at radius 3 is 2.35 bits per heavy atom. The van der Waals surface area contributed by atoms with Gasteiger partial charge in [0.15, 0.2) is 0 Å². The van der Waals surface area contributed by atoms with Gasteiger partial charge >= 0.3 is 0 Å². The van der Waals surface area contributed by atoms with Crippen LogP contribution in [0, 0.1) is 0 Å². The van der Waals surface area contributed by atoms with Crippen LogP contribution in [0.4, 0.5) is 11.6 Å². The lowest BCUT2D eigenvalue weighted by Crippen LogP contribution is -2.18. The standard InChI is InChI=1S/C13H24N4/c1-6-7-10(4)17-13-11(9(2)3)12(14-5)15-8-16-13/h8-10H,6-7H2,1-5H3,(H2,14,15,16,17). The average Bonchev–Trinajstić information content (AvgIpc) is 2.28. The molecule has 1 unspecified atom stereocenters. The molecule has 17 heavy (non-hydrogen) atoms. The minimum Gasteiger partial charge on any atom is -0.373 e. The zero-order valence-corrected chi connectivity index (χ0v) is 11.5. The van der Waals surface area contributed by atoms with Crippen LogP contribution in [0.2, 0.25) is 0 Å². The predicted molar refractivity (Wildman–Crippen MR) is 73.7 cm³/mol. The number of rotatable bonds is 6. The van der Waals surface area contributed by atoms with E-state index in [1.807, 2.05) is 7.05 Å². The van der Waals surface area contributed by atoms with E-state index in [0.717, 1.165) is 23.6 Å². The molecule has 0 amide bonds. The largest absolute Gasteiger partial charge is 0.373 e. The third kappa shape index (κ3) is 3.58. The van der Waals surface area contributed by atoms with Crippen LogP contribution in [-0.2, 0) is 0 Å². The van der Waals surface area contributed by atoms with Gasteiger partial charge in [-0.2, -0.15) is 0 Å². The molecule has 1 aromatic heterocycles. The topological polar surface area (TPSA) is 49.8 Å². The van der Waals surface area contributed by atoms with Crippen LogP contribution in [0.1, 0.15) is 52.0 Å². The third-order valence-corrected chi connectivity index (χ3v) is 2.80. The van der Waals surface area contributed by atoms with Crippen molar-refractivity contribution in [3.05, 3.63) is 11.9 Å². The van der Waals surface area contributed by atoms with Gasteiger partial charge in [0.2, 0.25) is 0 Å². The van der Waals surface area contributed by atoms with Crippen molar-refractivity contribution in [2.75, 3.05) is 17.7 Å². The van der Waals surface area contributed by atoms with E-state index in [4.69, 9.17) is 0 Å². The quantitative estimate of drug-likeness (QED) is 0.796. The predicted octanol–water partition coefficient (Wildman–Crippen LogP) is 3.24. The molecule has 1 aromatic rings. The van der Waals surface area contributed by atoms with Crippen molar-refractivity contribution >= 4 is 11.6 Å². The maximum absolute atomic E-state index is 4.37. The molecule has 1 heterocycles. The van der Waals surface area contributed by atoms with Crippen LogP contribution >= 0.6 is 0 Å². The van der Waals surface area contributed by atoms with Crippen LogP contribution < -0.4 is 10.6 Å². The van der Waals surface area contributed by atoms with E-state index >= 15 is 0 Å².